The van der Waals surface area contributed by atoms with Crippen molar-refractivity contribution in [3.63, 3.8) is 0 Å². The van der Waals surface area contributed by atoms with E-state index >= 15 is 0 Å². The molecule has 0 amide bonds. The van der Waals surface area contributed by atoms with E-state index in [1.54, 1.807) is 6.92 Å². The summed E-state index contributed by atoms with van der Waals surface area (Å²) in [6.07, 6.45) is 0. The molecule has 1 N–H and O–H groups in total. The zero-order valence-electron chi connectivity index (χ0n) is 9.04. The lowest BCUT2D eigenvalue weighted by Gasteiger charge is -2.08. The summed E-state index contributed by atoms with van der Waals surface area (Å²) in [5.74, 6) is -0.199. The molecule has 1 rings (SSSR count). The van der Waals surface area contributed by atoms with Crippen LogP contribution in [-0.4, -0.2) is 26.1 Å². The number of hydrogen-bond donors (Lipinski definition) is 1. The number of Topliss-reactive ketones (excluding diaryl/α,β-unsaturated/α-hetero) is 1. The molecule has 7 heteroatoms. The molecule has 0 saturated carbocycles. The van der Waals surface area contributed by atoms with Gasteiger partial charge in [0.25, 0.3) is 0 Å². The first-order valence-corrected chi connectivity index (χ1v) is 7.79. The largest absolute Gasteiger partial charge is 0.293 e. The lowest BCUT2D eigenvalue weighted by molar-refractivity contribution is 0.102. The first-order valence-electron chi connectivity index (χ1n) is 4.80. The van der Waals surface area contributed by atoms with Gasteiger partial charge in [0.2, 0.25) is 10.0 Å². The molecule has 0 bridgehead atoms. The van der Waals surface area contributed by atoms with Gasteiger partial charge in [0, 0.05) is 12.1 Å². The minimum atomic E-state index is -3.65. The van der Waals surface area contributed by atoms with Crippen LogP contribution in [0.25, 0.3) is 0 Å². The molecule has 1 aromatic rings. The van der Waals surface area contributed by atoms with Crippen LogP contribution in [0.1, 0.15) is 17.3 Å². The highest BCUT2D eigenvalue weighted by Crippen LogP contribution is 2.23. The second-order valence-corrected chi connectivity index (χ2v) is 5.91. The predicted molar refractivity (Wildman–Crippen MR) is 70.4 cm³/mol. The van der Waals surface area contributed by atoms with E-state index in [4.69, 9.17) is 11.6 Å². The Hall–Kier alpha value is -0.430. The van der Waals surface area contributed by atoms with Crippen LogP contribution in [0.5, 0.6) is 0 Å². The highest BCUT2D eigenvalue weighted by atomic mass is 79.9. The van der Waals surface area contributed by atoms with E-state index in [0.29, 0.717) is 5.56 Å². The number of carbonyl (C=O) groups is 1. The molecular formula is C10H11BrClNO3S. The van der Waals surface area contributed by atoms with Crippen molar-refractivity contribution in [1.82, 2.24) is 4.72 Å². The van der Waals surface area contributed by atoms with E-state index in [0.717, 1.165) is 0 Å². The molecule has 0 aliphatic carbocycles. The van der Waals surface area contributed by atoms with Crippen LogP contribution >= 0.6 is 27.5 Å². The van der Waals surface area contributed by atoms with Crippen molar-refractivity contribution >= 4 is 43.3 Å². The normalized spacial score (nSPS) is 11.5. The van der Waals surface area contributed by atoms with E-state index in [-0.39, 0.29) is 27.6 Å². The van der Waals surface area contributed by atoms with Gasteiger partial charge in [0.05, 0.1) is 10.4 Å². The monoisotopic (exact) mass is 339 g/mol. The second-order valence-electron chi connectivity index (χ2n) is 3.20. The number of halogens is 2. The fourth-order valence-electron chi connectivity index (χ4n) is 1.23. The van der Waals surface area contributed by atoms with Crippen molar-refractivity contribution in [3.05, 3.63) is 28.8 Å². The SMILES string of the molecule is CCNS(=O)(=O)c1cc(C(=O)CBr)ccc1Cl. The van der Waals surface area contributed by atoms with Crippen molar-refractivity contribution in [2.24, 2.45) is 0 Å². The predicted octanol–water partition coefficient (Wildman–Crippen LogP) is 2.22. The molecule has 0 fully saturated rings. The standard InChI is InChI=1S/C10H11BrClNO3S/c1-2-13-17(15,16)10-5-7(9(14)6-11)3-4-8(10)12/h3-5,13H,2,6H2,1H3. The Labute approximate surface area is 114 Å². The molecule has 0 spiro atoms. The maximum Gasteiger partial charge on any atom is 0.242 e. The Balaban J connectivity index is 3.29. The average Bonchev–Trinajstić information content (AvgIpc) is 2.28. The fourth-order valence-corrected chi connectivity index (χ4v) is 3.12. The van der Waals surface area contributed by atoms with Crippen molar-refractivity contribution in [2.75, 3.05) is 11.9 Å². The van der Waals surface area contributed by atoms with Gasteiger partial charge in [-0.05, 0) is 18.2 Å². The Morgan fingerprint density at radius 2 is 2.12 bits per heavy atom. The molecule has 1 aromatic carbocycles. The van der Waals surface area contributed by atoms with Crippen LogP contribution in [-0.2, 0) is 10.0 Å². The lowest BCUT2D eigenvalue weighted by Crippen LogP contribution is -2.23. The van der Waals surface area contributed by atoms with E-state index in [9.17, 15) is 13.2 Å². The van der Waals surface area contributed by atoms with E-state index in [1.807, 2.05) is 0 Å². The molecule has 4 nitrogen and oxygen atoms in total. The topological polar surface area (TPSA) is 63.2 Å². The Morgan fingerprint density at radius 3 is 2.65 bits per heavy atom. The molecule has 0 aromatic heterocycles. The average molecular weight is 341 g/mol. The Morgan fingerprint density at radius 1 is 1.47 bits per heavy atom. The van der Waals surface area contributed by atoms with Crippen molar-refractivity contribution in [3.8, 4) is 0 Å². The summed E-state index contributed by atoms with van der Waals surface area (Å²) in [5.41, 5.74) is 0.308. The summed E-state index contributed by atoms with van der Waals surface area (Å²) >= 11 is 8.85. The van der Waals surface area contributed by atoms with Crippen LogP contribution < -0.4 is 4.72 Å². The molecule has 17 heavy (non-hydrogen) atoms. The van der Waals surface area contributed by atoms with E-state index in [1.165, 1.54) is 18.2 Å². The van der Waals surface area contributed by atoms with Gasteiger partial charge in [-0.1, -0.05) is 34.5 Å². The molecule has 0 radical (unpaired) electrons. The third kappa shape index (κ3) is 3.51. The molecule has 0 atom stereocenters. The Kier molecular flexibility index (Phi) is 5.12. The molecule has 0 aliphatic heterocycles. The molecule has 0 aliphatic rings. The fraction of sp³-hybridized carbons (Fsp3) is 0.300. The first-order chi connectivity index (χ1) is 7.92. The third-order valence-corrected chi connectivity index (χ3v) is 4.53. The Bertz CT molecular complexity index is 530. The zero-order chi connectivity index (χ0) is 13.1. The van der Waals surface area contributed by atoms with Gasteiger partial charge in [-0.2, -0.15) is 0 Å². The summed E-state index contributed by atoms with van der Waals surface area (Å²) in [7, 11) is -3.65. The number of benzene rings is 1. The first kappa shape index (κ1) is 14.6. The maximum absolute atomic E-state index is 11.8. The number of rotatable bonds is 5. The number of alkyl halides is 1. The van der Waals surface area contributed by atoms with Gasteiger partial charge in [0.1, 0.15) is 4.90 Å². The van der Waals surface area contributed by atoms with Gasteiger partial charge in [-0.15, -0.1) is 0 Å². The summed E-state index contributed by atoms with van der Waals surface area (Å²) in [4.78, 5) is 11.4. The second kappa shape index (κ2) is 5.95. The van der Waals surface area contributed by atoms with Crippen LogP contribution in [0.4, 0.5) is 0 Å². The van der Waals surface area contributed by atoms with Crippen molar-refractivity contribution < 1.29 is 13.2 Å². The quantitative estimate of drug-likeness (QED) is 0.660. The molecule has 0 heterocycles. The molecule has 0 unspecified atom stereocenters. The highest BCUT2D eigenvalue weighted by Gasteiger charge is 2.18. The van der Waals surface area contributed by atoms with Gasteiger partial charge >= 0.3 is 0 Å². The minimum absolute atomic E-state index is 0.0761. The number of ketones is 1. The smallest absolute Gasteiger partial charge is 0.242 e. The van der Waals surface area contributed by atoms with Crippen molar-refractivity contribution in [1.29, 1.82) is 0 Å². The van der Waals surface area contributed by atoms with Gasteiger partial charge in [0.15, 0.2) is 5.78 Å². The third-order valence-electron chi connectivity index (χ3n) is 2.00. The van der Waals surface area contributed by atoms with Gasteiger partial charge in [-0.3, -0.25) is 4.79 Å². The minimum Gasteiger partial charge on any atom is -0.293 e. The van der Waals surface area contributed by atoms with E-state index in [2.05, 4.69) is 20.7 Å². The zero-order valence-corrected chi connectivity index (χ0v) is 12.2. The summed E-state index contributed by atoms with van der Waals surface area (Å²) in [5, 5.41) is 0.229. The summed E-state index contributed by atoms with van der Waals surface area (Å²) in [6, 6.07) is 4.18. The summed E-state index contributed by atoms with van der Waals surface area (Å²) < 4.78 is 25.9. The van der Waals surface area contributed by atoms with Crippen molar-refractivity contribution in [2.45, 2.75) is 11.8 Å². The molecule has 0 saturated heterocycles. The molecular weight excluding hydrogens is 330 g/mol. The van der Waals surface area contributed by atoms with Crippen LogP contribution in [0.15, 0.2) is 23.1 Å². The summed E-state index contributed by atoms with van der Waals surface area (Å²) in [6.45, 7) is 1.92. The van der Waals surface area contributed by atoms with E-state index < -0.39 is 10.0 Å². The number of sulfonamides is 1. The van der Waals surface area contributed by atoms with Crippen LogP contribution in [0, 0.1) is 0 Å². The molecule has 94 valence electrons. The van der Waals surface area contributed by atoms with Gasteiger partial charge < -0.3 is 0 Å². The number of carbonyl (C=O) groups excluding carboxylic acids is 1. The van der Waals surface area contributed by atoms with Gasteiger partial charge in [-0.25, -0.2) is 13.1 Å². The number of hydrogen-bond acceptors (Lipinski definition) is 3. The van der Waals surface area contributed by atoms with Crippen LogP contribution in [0.2, 0.25) is 5.02 Å². The highest BCUT2D eigenvalue weighted by molar-refractivity contribution is 9.09. The maximum atomic E-state index is 11.8. The van der Waals surface area contributed by atoms with Crippen LogP contribution in [0.3, 0.4) is 0 Å². The number of nitrogens with one attached hydrogen (secondary N) is 1. The lowest BCUT2D eigenvalue weighted by atomic mass is 10.1.